The highest BCUT2D eigenvalue weighted by Gasteiger charge is 2.05. The van der Waals surface area contributed by atoms with Gasteiger partial charge in [0.15, 0.2) is 0 Å². The maximum atomic E-state index is 11.6. The van der Waals surface area contributed by atoms with Crippen LogP contribution < -0.4 is 10.9 Å². The lowest BCUT2D eigenvalue weighted by molar-refractivity contribution is -0.126. The summed E-state index contributed by atoms with van der Waals surface area (Å²) in [5, 5.41) is 7.67. The Morgan fingerprint density at radius 3 is 1.46 bits per heavy atom. The standard InChI is InChI=1S/C18H18N4O2/c23-17(21-19-13-15-7-3-1-4-8-15)11-12-18(24)22-20-14-16-9-5-2-6-10-16/h1-10,13-14H,11-12H2,(H,21,23)(H,22,24)/b19-13-,20-14+. The zero-order valence-corrected chi connectivity index (χ0v) is 13.1. The molecular formula is C18H18N4O2. The third-order valence-corrected chi connectivity index (χ3v) is 2.98. The molecule has 2 amide bonds. The highest BCUT2D eigenvalue weighted by atomic mass is 16.2. The number of hydrogen-bond acceptors (Lipinski definition) is 4. The molecule has 0 saturated carbocycles. The Bertz CT molecular complexity index is 649. The molecule has 6 nitrogen and oxygen atoms in total. The maximum absolute atomic E-state index is 11.6. The lowest BCUT2D eigenvalue weighted by Gasteiger charge is -2.00. The lowest BCUT2D eigenvalue weighted by Crippen LogP contribution is -2.22. The fraction of sp³-hybridized carbons (Fsp3) is 0.111. The van der Waals surface area contributed by atoms with E-state index in [1.165, 1.54) is 0 Å². The van der Waals surface area contributed by atoms with Crippen LogP contribution in [-0.2, 0) is 9.59 Å². The third kappa shape index (κ3) is 6.65. The Morgan fingerprint density at radius 2 is 1.08 bits per heavy atom. The number of nitrogens with one attached hydrogen (secondary N) is 2. The van der Waals surface area contributed by atoms with E-state index in [0.717, 1.165) is 11.1 Å². The minimum Gasteiger partial charge on any atom is -0.273 e. The Hall–Kier alpha value is -3.28. The fourth-order valence-electron chi connectivity index (χ4n) is 1.77. The van der Waals surface area contributed by atoms with Crippen LogP contribution in [0, 0.1) is 0 Å². The second-order valence-electron chi connectivity index (χ2n) is 4.91. The molecule has 2 aromatic carbocycles. The molecule has 0 aliphatic rings. The molecule has 122 valence electrons. The second kappa shape index (κ2) is 9.68. The molecule has 0 aromatic heterocycles. The van der Waals surface area contributed by atoms with Crippen molar-refractivity contribution < 1.29 is 9.59 Å². The van der Waals surface area contributed by atoms with Crippen LogP contribution in [0.2, 0.25) is 0 Å². The van der Waals surface area contributed by atoms with Crippen LogP contribution in [-0.4, -0.2) is 24.2 Å². The van der Waals surface area contributed by atoms with Crippen LogP contribution in [0.25, 0.3) is 0 Å². The van der Waals surface area contributed by atoms with Gasteiger partial charge in [-0.1, -0.05) is 60.7 Å². The first kappa shape index (κ1) is 17.1. The van der Waals surface area contributed by atoms with E-state index in [-0.39, 0.29) is 24.7 Å². The van der Waals surface area contributed by atoms with E-state index in [0.29, 0.717) is 0 Å². The highest BCUT2D eigenvalue weighted by molar-refractivity contribution is 5.86. The number of carbonyl (C=O) groups excluding carboxylic acids is 2. The Morgan fingerprint density at radius 1 is 0.708 bits per heavy atom. The van der Waals surface area contributed by atoms with Crippen molar-refractivity contribution in [2.45, 2.75) is 12.8 Å². The van der Waals surface area contributed by atoms with Gasteiger partial charge in [-0.05, 0) is 11.1 Å². The molecule has 0 aliphatic heterocycles. The van der Waals surface area contributed by atoms with E-state index >= 15 is 0 Å². The van der Waals surface area contributed by atoms with Crippen molar-refractivity contribution >= 4 is 24.2 Å². The summed E-state index contributed by atoms with van der Waals surface area (Å²) in [6.07, 6.45) is 3.17. The van der Waals surface area contributed by atoms with E-state index < -0.39 is 0 Å². The quantitative estimate of drug-likeness (QED) is 0.604. The highest BCUT2D eigenvalue weighted by Crippen LogP contribution is 1.95. The zero-order valence-electron chi connectivity index (χ0n) is 13.1. The molecule has 2 aromatic rings. The van der Waals surface area contributed by atoms with Crippen LogP contribution in [0.3, 0.4) is 0 Å². The van der Waals surface area contributed by atoms with Crippen molar-refractivity contribution in [2.75, 3.05) is 0 Å². The van der Waals surface area contributed by atoms with Crippen molar-refractivity contribution in [1.29, 1.82) is 0 Å². The molecule has 0 fully saturated rings. The van der Waals surface area contributed by atoms with Crippen LogP contribution in [0.4, 0.5) is 0 Å². The molecule has 0 unspecified atom stereocenters. The van der Waals surface area contributed by atoms with Gasteiger partial charge in [0, 0.05) is 12.8 Å². The average molecular weight is 322 g/mol. The molecule has 6 heteroatoms. The summed E-state index contributed by atoms with van der Waals surface area (Å²) in [4.78, 5) is 23.2. The van der Waals surface area contributed by atoms with Gasteiger partial charge in [0.25, 0.3) is 0 Å². The van der Waals surface area contributed by atoms with E-state index in [9.17, 15) is 9.59 Å². The van der Waals surface area contributed by atoms with E-state index in [1.54, 1.807) is 12.4 Å². The van der Waals surface area contributed by atoms with Gasteiger partial charge in [0.05, 0.1) is 12.4 Å². The number of hydrazone groups is 2. The van der Waals surface area contributed by atoms with E-state index in [1.807, 2.05) is 60.7 Å². The summed E-state index contributed by atoms with van der Waals surface area (Å²) in [5.41, 5.74) is 6.52. The normalized spacial score (nSPS) is 10.8. The van der Waals surface area contributed by atoms with Crippen molar-refractivity contribution in [3.63, 3.8) is 0 Å². The second-order valence-corrected chi connectivity index (χ2v) is 4.91. The Labute approximate surface area is 140 Å². The average Bonchev–Trinajstić information content (AvgIpc) is 2.62. The molecule has 0 atom stereocenters. The molecular weight excluding hydrogens is 304 g/mol. The largest absolute Gasteiger partial charge is 0.273 e. The first-order valence-electron chi connectivity index (χ1n) is 7.48. The van der Waals surface area contributed by atoms with Crippen LogP contribution in [0.15, 0.2) is 70.9 Å². The molecule has 2 N–H and O–H groups in total. The molecule has 0 radical (unpaired) electrons. The van der Waals surface area contributed by atoms with Gasteiger partial charge in [-0.2, -0.15) is 10.2 Å². The summed E-state index contributed by atoms with van der Waals surface area (Å²) in [6.45, 7) is 0. The lowest BCUT2D eigenvalue weighted by atomic mass is 10.2. The summed E-state index contributed by atoms with van der Waals surface area (Å²) in [6, 6.07) is 18.8. The van der Waals surface area contributed by atoms with Crippen molar-refractivity contribution in [3.8, 4) is 0 Å². The first-order chi connectivity index (χ1) is 11.7. The summed E-state index contributed by atoms with van der Waals surface area (Å²) >= 11 is 0. The summed E-state index contributed by atoms with van der Waals surface area (Å²) in [7, 11) is 0. The molecule has 0 bridgehead atoms. The van der Waals surface area contributed by atoms with Gasteiger partial charge in [-0.3, -0.25) is 9.59 Å². The zero-order chi connectivity index (χ0) is 17.0. The van der Waals surface area contributed by atoms with E-state index in [4.69, 9.17) is 0 Å². The van der Waals surface area contributed by atoms with Crippen molar-refractivity contribution in [1.82, 2.24) is 10.9 Å². The third-order valence-electron chi connectivity index (χ3n) is 2.98. The van der Waals surface area contributed by atoms with Gasteiger partial charge >= 0.3 is 0 Å². The number of hydrogen-bond donors (Lipinski definition) is 2. The Balaban J connectivity index is 1.65. The number of nitrogens with zero attached hydrogens (tertiary/aromatic N) is 2. The topological polar surface area (TPSA) is 82.9 Å². The number of amides is 2. The van der Waals surface area contributed by atoms with Crippen molar-refractivity contribution in [2.24, 2.45) is 10.2 Å². The maximum Gasteiger partial charge on any atom is 0.240 e. The molecule has 0 spiro atoms. The van der Waals surface area contributed by atoms with Gasteiger partial charge < -0.3 is 0 Å². The monoisotopic (exact) mass is 322 g/mol. The summed E-state index contributed by atoms with van der Waals surface area (Å²) < 4.78 is 0. The number of carbonyl (C=O) groups is 2. The Kier molecular flexibility index (Phi) is 6.89. The van der Waals surface area contributed by atoms with E-state index in [2.05, 4.69) is 21.1 Å². The van der Waals surface area contributed by atoms with Crippen LogP contribution in [0.1, 0.15) is 24.0 Å². The molecule has 0 saturated heterocycles. The number of rotatable bonds is 7. The summed E-state index contributed by atoms with van der Waals surface area (Å²) in [5.74, 6) is -0.659. The molecule has 2 rings (SSSR count). The van der Waals surface area contributed by atoms with Gasteiger partial charge in [-0.25, -0.2) is 10.9 Å². The predicted octanol–water partition coefficient (Wildman–Crippen LogP) is 2.07. The van der Waals surface area contributed by atoms with Gasteiger partial charge in [0.1, 0.15) is 0 Å². The predicted molar refractivity (Wildman–Crippen MR) is 93.6 cm³/mol. The van der Waals surface area contributed by atoms with Crippen LogP contribution >= 0.6 is 0 Å². The fourth-order valence-corrected chi connectivity index (χ4v) is 1.77. The first-order valence-corrected chi connectivity index (χ1v) is 7.48. The minimum absolute atomic E-state index is 0.0405. The van der Waals surface area contributed by atoms with Gasteiger partial charge in [0.2, 0.25) is 11.8 Å². The molecule has 0 aliphatic carbocycles. The van der Waals surface area contributed by atoms with Crippen LogP contribution in [0.5, 0.6) is 0 Å². The molecule has 0 heterocycles. The van der Waals surface area contributed by atoms with Gasteiger partial charge in [-0.15, -0.1) is 0 Å². The SMILES string of the molecule is O=C(CCC(=O)N/N=C/c1ccccc1)N/N=C\c1ccccc1. The van der Waals surface area contributed by atoms with Crippen molar-refractivity contribution in [3.05, 3.63) is 71.8 Å². The minimum atomic E-state index is -0.329. The molecule has 24 heavy (non-hydrogen) atoms. The number of benzene rings is 2. The smallest absolute Gasteiger partial charge is 0.240 e.